The smallest absolute Gasteiger partial charge is 0.327 e. The molecule has 0 heterocycles. The average Bonchev–Trinajstić information content (AvgIpc) is 1.89. The lowest BCUT2D eigenvalue weighted by Crippen LogP contribution is -1.82. The Balaban J connectivity index is 0. The van der Waals surface area contributed by atoms with Crippen molar-refractivity contribution in [1.29, 1.82) is 0 Å². The number of hydrogen-bond donors (Lipinski definition) is 2. The van der Waals surface area contributed by atoms with E-state index in [9.17, 15) is 4.79 Å². The van der Waals surface area contributed by atoms with Crippen LogP contribution in [-0.2, 0) is 9.36 Å². The summed E-state index contributed by atoms with van der Waals surface area (Å²) in [4.78, 5) is 9.25. The van der Waals surface area contributed by atoms with Crippen molar-refractivity contribution in [3.63, 3.8) is 0 Å². The van der Waals surface area contributed by atoms with Crippen molar-refractivity contribution < 1.29 is 19.6 Å². The summed E-state index contributed by atoms with van der Waals surface area (Å²) in [6, 6.07) is 0. The van der Waals surface area contributed by atoms with Gasteiger partial charge in [-0.1, -0.05) is 6.58 Å². The van der Waals surface area contributed by atoms with Crippen LogP contribution in [0.3, 0.4) is 0 Å². The standard InChI is InChI=1S/C3H4O2.CH3O2P/c1-2-3(4)5;2-1-4-3/h2H,1H2,(H,4,5);2H,1H2. The fourth-order valence-electron chi connectivity index (χ4n) is 0. The summed E-state index contributed by atoms with van der Waals surface area (Å²) < 4.78 is 9.02. The summed E-state index contributed by atoms with van der Waals surface area (Å²) in [7, 11) is -0.196. The maximum atomic E-state index is 9.25. The van der Waals surface area contributed by atoms with Gasteiger partial charge in [-0.25, -0.2) is 4.79 Å². The van der Waals surface area contributed by atoms with E-state index in [1.54, 1.807) is 0 Å². The Bertz CT molecular complexity index is 101. The van der Waals surface area contributed by atoms with Crippen LogP contribution in [0.5, 0.6) is 0 Å². The van der Waals surface area contributed by atoms with Gasteiger partial charge < -0.3 is 10.2 Å². The molecule has 0 aromatic rings. The van der Waals surface area contributed by atoms with E-state index >= 15 is 0 Å². The third-order valence-corrected chi connectivity index (χ3v) is 0.348. The topological polar surface area (TPSA) is 74.6 Å². The third-order valence-electron chi connectivity index (χ3n) is 0.232. The summed E-state index contributed by atoms with van der Waals surface area (Å²) in [5.41, 5.74) is 0. The largest absolute Gasteiger partial charge is 0.478 e. The quantitative estimate of drug-likeness (QED) is 0.443. The molecule has 0 saturated carbocycles. The first-order valence-electron chi connectivity index (χ1n) is 1.94. The van der Waals surface area contributed by atoms with Crippen LogP contribution in [0.1, 0.15) is 0 Å². The molecule has 0 spiro atoms. The number of carboxylic acid groups (broad SMARTS) is 1. The van der Waals surface area contributed by atoms with E-state index in [0.29, 0.717) is 0 Å². The lowest BCUT2D eigenvalue weighted by atomic mass is 10.7. The van der Waals surface area contributed by atoms with Crippen molar-refractivity contribution in [2.75, 3.05) is 6.35 Å². The first-order chi connectivity index (χ1) is 4.18. The van der Waals surface area contributed by atoms with Crippen molar-refractivity contribution in [2.24, 2.45) is 0 Å². The van der Waals surface area contributed by atoms with Crippen molar-refractivity contribution >= 4 is 14.4 Å². The van der Waals surface area contributed by atoms with Gasteiger partial charge in [-0.05, 0) is 0 Å². The molecule has 0 bridgehead atoms. The molecule has 0 radical (unpaired) electrons. The normalized spacial score (nSPS) is 7.22. The van der Waals surface area contributed by atoms with Gasteiger partial charge in [0.25, 0.3) is 0 Å². The van der Waals surface area contributed by atoms with Crippen molar-refractivity contribution in [2.45, 2.75) is 0 Å². The Hall–Kier alpha value is -0.730. The molecule has 9 heavy (non-hydrogen) atoms. The zero-order valence-electron chi connectivity index (χ0n) is 4.65. The predicted octanol–water partition coefficient (Wildman–Crippen LogP) is 0.485. The molecule has 0 unspecified atom stereocenters. The highest BCUT2D eigenvalue weighted by Crippen LogP contribution is 1.79. The van der Waals surface area contributed by atoms with Gasteiger partial charge in [-0.15, -0.1) is 0 Å². The minimum absolute atomic E-state index is 0.196. The zero-order chi connectivity index (χ0) is 7.70. The number of aliphatic hydroxyl groups is 1. The number of hydrogen-bond acceptors (Lipinski definition) is 3. The summed E-state index contributed by atoms with van der Waals surface area (Å²) in [5.74, 6) is -0.981. The Kier molecular flexibility index (Phi) is 12.7. The van der Waals surface area contributed by atoms with Gasteiger partial charge >= 0.3 is 5.97 Å². The maximum Gasteiger partial charge on any atom is 0.327 e. The van der Waals surface area contributed by atoms with E-state index in [0.717, 1.165) is 6.08 Å². The van der Waals surface area contributed by atoms with Crippen LogP contribution in [0, 0.1) is 0 Å². The zero-order valence-corrected chi connectivity index (χ0v) is 5.54. The van der Waals surface area contributed by atoms with Crippen LogP contribution < -0.4 is 0 Å². The first kappa shape index (κ1) is 11.1. The molecule has 0 aliphatic carbocycles. The molecular weight excluding hydrogens is 143 g/mol. The van der Waals surface area contributed by atoms with Crippen molar-refractivity contribution in [3.05, 3.63) is 12.7 Å². The second-order valence-electron chi connectivity index (χ2n) is 0.813. The maximum absolute atomic E-state index is 9.25. The van der Waals surface area contributed by atoms with E-state index in [1.165, 1.54) is 0 Å². The fraction of sp³-hybridized carbons (Fsp3) is 0.250. The van der Waals surface area contributed by atoms with Crippen LogP contribution in [0.2, 0.25) is 0 Å². The third kappa shape index (κ3) is 39.2. The van der Waals surface area contributed by atoms with Gasteiger partial charge in [-0.2, -0.15) is 0 Å². The van der Waals surface area contributed by atoms with Crippen LogP contribution in [-0.4, -0.2) is 22.5 Å². The highest BCUT2D eigenvalue weighted by Gasteiger charge is 1.73. The molecule has 0 aliphatic rings. The van der Waals surface area contributed by atoms with Gasteiger partial charge in [-0.3, -0.25) is 4.57 Å². The summed E-state index contributed by atoms with van der Waals surface area (Å²) in [6.07, 6.45) is 0.569. The lowest BCUT2D eigenvalue weighted by molar-refractivity contribution is -0.131. The molecule has 0 aliphatic heterocycles. The number of aliphatic carboxylic acids is 1. The second-order valence-corrected chi connectivity index (χ2v) is 1.35. The molecular formula is C4H7O4P. The van der Waals surface area contributed by atoms with E-state index in [1.807, 2.05) is 0 Å². The van der Waals surface area contributed by atoms with Crippen LogP contribution in [0.4, 0.5) is 0 Å². The molecule has 0 atom stereocenters. The highest BCUT2D eigenvalue weighted by atomic mass is 31.1. The van der Waals surface area contributed by atoms with Crippen LogP contribution in [0.15, 0.2) is 12.7 Å². The first-order valence-corrected chi connectivity index (χ1v) is 2.94. The average molecular weight is 150 g/mol. The predicted molar refractivity (Wildman–Crippen MR) is 32.5 cm³/mol. The van der Waals surface area contributed by atoms with E-state index in [-0.39, 0.29) is 14.8 Å². The van der Waals surface area contributed by atoms with Gasteiger partial charge in [0.2, 0.25) is 0 Å². The van der Waals surface area contributed by atoms with Crippen LogP contribution in [0.25, 0.3) is 0 Å². The molecule has 4 nitrogen and oxygen atoms in total. The molecule has 2 N–H and O–H groups in total. The summed E-state index contributed by atoms with van der Waals surface area (Å²) >= 11 is 0. The van der Waals surface area contributed by atoms with Crippen molar-refractivity contribution in [3.8, 4) is 0 Å². The van der Waals surface area contributed by atoms with Gasteiger partial charge in [0.15, 0.2) is 8.46 Å². The monoisotopic (exact) mass is 150 g/mol. The van der Waals surface area contributed by atoms with Crippen LogP contribution >= 0.6 is 8.46 Å². The van der Waals surface area contributed by atoms with E-state index < -0.39 is 5.97 Å². The highest BCUT2D eigenvalue weighted by molar-refractivity contribution is 7.23. The Morgan fingerprint density at radius 2 is 2.00 bits per heavy atom. The number of aliphatic hydroxyl groups excluding tert-OH is 1. The lowest BCUT2D eigenvalue weighted by Gasteiger charge is -1.64. The molecule has 0 rings (SSSR count). The van der Waals surface area contributed by atoms with Gasteiger partial charge in [0.1, 0.15) is 6.35 Å². The Morgan fingerprint density at radius 3 is 2.00 bits per heavy atom. The Labute approximate surface area is 54.0 Å². The van der Waals surface area contributed by atoms with Gasteiger partial charge in [0.05, 0.1) is 0 Å². The minimum Gasteiger partial charge on any atom is -0.478 e. The number of carbonyl (C=O) groups is 1. The van der Waals surface area contributed by atoms with E-state index in [4.69, 9.17) is 14.8 Å². The Morgan fingerprint density at radius 1 is 1.78 bits per heavy atom. The summed E-state index contributed by atoms with van der Waals surface area (Å²) in [6.45, 7) is 2.96. The molecule has 0 amide bonds. The number of carboxylic acids is 1. The molecule has 5 heteroatoms. The molecule has 0 fully saturated rings. The fourth-order valence-corrected chi connectivity index (χ4v) is 0. The molecule has 0 aromatic heterocycles. The van der Waals surface area contributed by atoms with E-state index in [2.05, 4.69) is 6.58 Å². The molecule has 0 saturated heterocycles. The molecule has 52 valence electrons. The van der Waals surface area contributed by atoms with Crippen molar-refractivity contribution in [1.82, 2.24) is 0 Å². The SMILES string of the molecule is C=CC(=O)O.O=PCO. The van der Waals surface area contributed by atoms with Gasteiger partial charge in [0, 0.05) is 6.08 Å². The molecule has 0 aromatic carbocycles. The second kappa shape index (κ2) is 10.3. The minimum atomic E-state index is -0.981. The number of rotatable bonds is 2. The summed E-state index contributed by atoms with van der Waals surface area (Å²) in [5, 5.41) is 15.2.